The van der Waals surface area contributed by atoms with Crippen molar-refractivity contribution >= 4 is 34.8 Å². The lowest BCUT2D eigenvalue weighted by atomic mass is 10.1. The summed E-state index contributed by atoms with van der Waals surface area (Å²) in [5, 5.41) is 0.830. The van der Waals surface area contributed by atoms with Crippen LogP contribution in [0.5, 0.6) is 0 Å². The van der Waals surface area contributed by atoms with Crippen molar-refractivity contribution in [3.63, 3.8) is 0 Å². The maximum Gasteiger partial charge on any atom is 0.193 e. The zero-order chi connectivity index (χ0) is 11.5. The first-order valence-corrected chi connectivity index (χ1v) is 5.98. The molecule has 0 aliphatic heterocycles. The summed E-state index contributed by atoms with van der Waals surface area (Å²) in [5.41, 5.74) is 1.07. The van der Waals surface area contributed by atoms with Crippen molar-refractivity contribution in [3.8, 4) is 0 Å². The number of halogens is 3. The van der Waals surface area contributed by atoms with Gasteiger partial charge in [0.1, 0.15) is 5.76 Å². The van der Waals surface area contributed by atoms with Crippen LogP contribution in [0.4, 0.5) is 0 Å². The minimum Gasteiger partial charge on any atom is -0.448 e. The van der Waals surface area contributed by atoms with Gasteiger partial charge in [0.05, 0.1) is 5.38 Å². The Labute approximate surface area is 109 Å². The predicted octanol–water partition coefficient (Wildman–Crippen LogP) is 5.11. The van der Waals surface area contributed by atoms with E-state index in [1.807, 2.05) is 24.3 Å². The van der Waals surface area contributed by atoms with Crippen molar-refractivity contribution in [1.29, 1.82) is 0 Å². The molecule has 1 unspecified atom stereocenters. The highest BCUT2D eigenvalue weighted by molar-refractivity contribution is 6.30. The highest BCUT2D eigenvalue weighted by atomic mass is 35.5. The molecular weight excluding hydrogens is 266 g/mol. The molecule has 0 fully saturated rings. The molecule has 0 aliphatic rings. The molecule has 84 valence electrons. The maximum atomic E-state index is 6.21. The molecule has 0 amide bonds. The molecule has 0 radical (unpaired) electrons. The van der Waals surface area contributed by atoms with Crippen LogP contribution >= 0.6 is 34.8 Å². The average molecular weight is 276 g/mol. The first kappa shape index (κ1) is 11.8. The van der Waals surface area contributed by atoms with Crippen LogP contribution in [0.15, 0.2) is 40.8 Å². The molecule has 1 nitrogen and oxygen atoms in total. The minimum absolute atomic E-state index is 0.231. The second kappa shape index (κ2) is 5.13. The number of alkyl halides is 1. The third kappa shape index (κ3) is 2.94. The van der Waals surface area contributed by atoms with Gasteiger partial charge in [-0.15, -0.1) is 11.6 Å². The van der Waals surface area contributed by atoms with E-state index in [2.05, 4.69) is 0 Å². The van der Waals surface area contributed by atoms with E-state index in [0.29, 0.717) is 22.4 Å². The molecule has 1 heterocycles. The van der Waals surface area contributed by atoms with Gasteiger partial charge in [-0.25, -0.2) is 0 Å². The van der Waals surface area contributed by atoms with Gasteiger partial charge in [-0.05, 0) is 47.9 Å². The van der Waals surface area contributed by atoms with E-state index < -0.39 is 0 Å². The van der Waals surface area contributed by atoms with Crippen LogP contribution in [0.2, 0.25) is 10.2 Å². The van der Waals surface area contributed by atoms with Gasteiger partial charge in [-0.2, -0.15) is 0 Å². The highest BCUT2D eigenvalue weighted by Crippen LogP contribution is 2.28. The van der Waals surface area contributed by atoms with E-state index in [4.69, 9.17) is 39.2 Å². The lowest BCUT2D eigenvalue weighted by molar-refractivity contribution is 0.504. The van der Waals surface area contributed by atoms with Crippen molar-refractivity contribution in [3.05, 3.63) is 58.0 Å². The summed E-state index contributed by atoms with van der Waals surface area (Å²) in [6, 6.07) is 11.1. The fourth-order valence-corrected chi connectivity index (χ4v) is 2.13. The maximum absolute atomic E-state index is 6.21. The molecule has 0 bridgehead atoms. The Kier molecular flexibility index (Phi) is 3.80. The minimum atomic E-state index is -0.231. The Bertz CT molecular complexity index is 479. The molecule has 1 atom stereocenters. The molecular formula is C12H9Cl3O. The summed E-state index contributed by atoms with van der Waals surface area (Å²) in [6.45, 7) is 0. The van der Waals surface area contributed by atoms with Gasteiger partial charge >= 0.3 is 0 Å². The Balaban J connectivity index is 2.10. The summed E-state index contributed by atoms with van der Waals surface area (Å²) in [7, 11) is 0. The van der Waals surface area contributed by atoms with E-state index in [9.17, 15) is 0 Å². The predicted molar refractivity (Wildman–Crippen MR) is 67.5 cm³/mol. The molecule has 4 heteroatoms. The van der Waals surface area contributed by atoms with Crippen molar-refractivity contribution in [1.82, 2.24) is 0 Å². The van der Waals surface area contributed by atoms with Gasteiger partial charge in [-0.1, -0.05) is 23.7 Å². The third-order valence-electron chi connectivity index (χ3n) is 2.21. The zero-order valence-corrected chi connectivity index (χ0v) is 10.6. The smallest absolute Gasteiger partial charge is 0.193 e. The second-order valence-corrected chi connectivity index (χ2v) is 4.78. The Morgan fingerprint density at radius 1 is 1.12 bits per heavy atom. The summed E-state index contributed by atoms with van der Waals surface area (Å²) in [4.78, 5) is 0. The SMILES string of the molecule is Clc1cccc(CC(Cl)c2ccc(Cl)o2)c1. The van der Waals surface area contributed by atoms with E-state index in [1.165, 1.54) is 0 Å². The molecule has 0 N–H and O–H groups in total. The Hall–Kier alpha value is -0.630. The van der Waals surface area contributed by atoms with Crippen molar-refractivity contribution in [2.24, 2.45) is 0 Å². The molecule has 0 saturated carbocycles. The monoisotopic (exact) mass is 274 g/mol. The van der Waals surface area contributed by atoms with Crippen LogP contribution in [-0.4, -0.2) is 0 Å². The first-order valence-electron chi connectivity index (χ1n) is 4.79. The first-order chi connectivity index (χ1) is 7.65. The second-order valence-electron chi connectivity index (χ2n) is 3.44. The third-order valence-corrected chi connectivity index (χ3v) is 3.01. The molecule has 16 heavy (non-hydrogen) atoms. The lowest BCUT2D eigenvalue weighted by Gasteiger charge is -2.06. The number of furan rings is 1. The number of hydrogen-bond acceptors (Lipinski definition) is 1. The summed E-state index contributed by atoms with van der Waals surface area (Å²) < 4.78 is 5.25. The van der Waals surface area contributed by atoms with Crippen LogP contribution in [0.3, 0.4) is 0 Å². The van der Waals surface area contributed by atoms with Gasteiger partial charge in [0.15, 0.2) is 5.22 Å². The zero-order valence-electron chi connectivity index (χ0n) is 8.29. The largest absolute Gasteiger partial charge is 0.448 e. The van der Waals surface area contributed by atoms with E-state index in [-0.39, 0.29) is 5.38 Å². The van der Waals surface area contributed by atoms with Gasteiger partial charge in [0, 0.05) is 5.02 Å². The quantitative estimate of drug-likeness (QED) is 0.710. The normalized spacial score (nSPS) is 12.7. The van der Waals surface area contributed by atoms with E-state index in [1.54, 1.807) is 12.1 Å². The highest BCUT2D eigenvalue weighted by Gasteiger charge is 2.13. The summed E-state index contributed by atoms with van der Waals surface area (Å²) >= 11 is 17.8. The molecule has 2 rings (SSSR count). The number of benzene rings is 1. The van der Waals surface area contributed by atoms with Crippen molar-refractivity contribution in [2.75, 3.05) is 0 Å². The van der Waals surface area contributed by atoms with Crippen molar-refractivity contribution in [2.45, 2.75) is 11.8 Å². The molecule has 1 aromatic heterocycles. The topological polar surface area (TPSA) is 13.1 Å². The fraction of sp³-hybridized carbons (Fsp3) is 0.167. The van der Waals surface area contributed by atoms with E-state index >= 15 is 0 Å². The number of rotatable bonds is 3. The van der Waals surface area contributed by atoms with Crippen LogP contribution in [-0.2, 0) is 6.42 Å². The molecule has 2 aromatic rings. The summed E-state index contributed by atoms with van der Waals surface area (Å²) in [6.07, 6.45) is 0.659. The van der Waals surface area contributed by atoms with Gasteiger partial charge < -0.3 is 4.42 Å². The Morgan fingerprint density at radius 3 is 2.56 bits per heavy atom. The molecule has 0 aliphatic carbocycles. The van der Waals surface area contributed by atoms with Crippen LogP contribution in [0, 0.1) is 0 Å². The summed E-state index contributed by atoms with van der Waals surface area (Å²) in [5.74, 6) is 0.673. The van der Waals surface area contributed by atoms with Crippen LogP contribution in [0.1, 0.15) is 16.7 Å². The van der Waals surface area contributed by atoms with Gasteiger partial charge in [0.25, 0.3) is 0 Å². The lowest BCUT2D eigenvalue weighted by Crippen LogP contribution is -1.93. The molecule has 1 aromatic carbocycles. The Morgan fingerprint density at radius 2 is 1.94 bits per heavy atom. The van der Waals surface area contributed by atoms with Crippen LogP contribution < -0.4 is 0 Å². The number of hydrogen-bond donors (Lipinski definition) is 0. The fourth-order valence-electron chi connectivity index (χ4n) is 1.47. The van der Waals surface area contributed by atoms with Crippen LogP contribution in [0.25, 0.3) is 0 Å². The standard InChI is InChI=1S/C12H9Cl3O/c13-9-3-1-2-8(6-9)7-10(14)11-4-5-12(15)16-11/h1-6,10H,7H2. The molecule has 0 spiro atoms. The van der Waals surface area contributed by atoms with Crippen molar-refractivity contribution < 1.29 is 4.42 Å². The molecule has 0 saturated heterocycles. The van der Waals surface area contributed by atoms with Gasteiger partial charge in [-0.3, -0.25) is 0 Å². The van der Waals surface area contributed by atoms with E-state index in [0.717, 1.165) is 5.56 Å². The average Bonchev–Trinajstić information content (AvgIpc) is 2.65. The van der Waals surface area contributed by atoms with Gasteiger partial charge in [0.2, 0.25) is 0 Å².